The lowest BCUT2D eigenvalue weighted by atomic mass is 10.2. The summed E-state index contributed by atoms with van der Waals surface area (Å²) < 4.78 is 8.85. The Balaban J connectivity index is 2.00. The summed E-state index contributed by atoms with van der Waals surface area (Å²) in [4.78, 5) is 10.4. The molecule has 5 nitrogen and oxygen atoms in total. The van der Waals surface area contributed by atoms with E-state index in [1.54, 1.807) is 0 Å². The summed E-state index contributed by atoms with van der Waals surface area (Å²) in [6, 6.07) is 0. The molecule has 0 radical (unpaired) electrons. The fourth-order valence-electron chi connectivity index (χ4n) is 0.535. The maximum absolute atomic E-state index is 10.4. The molecule has 6 heteroatoms. The Morgan fingerprint density at radius 1 is 1.64 bits per heavy atom. The molecule has 0 saturated heterocycles. The van der Waals surface area contributed by atoms with Crippen LogP contribution < -0.4 is 0 Å². The molecule has 0 amide bonds. The van der Waals surface area contributed by atoms with Crippen molar-refractivity contribution in [1.29, 1.82) is 0 Å². The van der Waals surface area contributed by atoms with Crippen LogP contribution >= 0.6 is 23.0 Å². The second-order valence-electron chi connectivity index (χ2n) is 2.34. The van der Waals surface area contributed by atoms with Crippen molar-refractivity contribution in [3.63, 3.8) is 0 Å². The van der Waals surface area contributed by atoms with Crippen LogP contribution in [0.1, 0.15) is 13.3 Å². The third-order valence-electron chi connectivity index (χ3n) is 1.30. The van der Waals surface area contributed by atoms with Crippen LogP contribution in [0.25, 0.3) is 0 Å². The van der Waals surface area contributed by atoms with E-state index >= 15 is 0 Å². The van der Waals surface area contributed by atoms with Crippen molar-refractivity contribution in [2.75, 3.05) is 6.61 Å². The van der Waals surface area contributed by atoms with Crippen molar-refractivity contribution in [2.45, 2.75) is 19.0 Å². The number of ether oxygens (including phenoxy) is 1. The van der Waals surface area contributed by atoms with E-state index in [0.717, 1.165) is 0 Å². The molecule has 0 unspecified atom stereocenters. The summed E-state index contributed by atoms with van der Waals surface area (Å²) in [5, 5.41) is 7.50. The third kappa shape index (κ3) is 3.00. The van der Waals surface area contributed by atoms with Gasteiger partial charge in [-0.15, -0.1) is 0 Å². The van der Waals surface area contributed by atoms with E-state index in [1.165, 1.54) is 23.0 Å². The quantitative estimate of drug-likeness (QED) is 0.582. The van der Waals surface area contributed by atoms with E-state index in [4.69, 9.17) is 0 Å². The first-order valence-corrected chi connectivity index (χ1v) is 3.94. The van der Waals surface area contributed by atoms with Gasteiger partial charge in [-0.3, -0.25) is 0 Å². The molecule has 1 heterocycles. The second kappa shape index (κ2) is 3.33. The average molecular weight is 270 g/mol. The van der Waals surface area contributed by atoms with E-state index < -0.39 is 6.16 Å². The van der Waals surface area contributed by atoms with Gasteiger partial charge in [0.1, 0.15) is 0 Å². The lowest BCUT2D eigenvalue weighted by molar-refractivity contribution is 0.109. The molecule has 11 heavy (non-hydrogen) atoms. The van der Waals surface area contributed by atoms with Crippen molar-refractivity contribution < 1.29 is 12.6 Å². The van der Waals surface area contributed by atoms with Gasteiger partial charge in [0.15, 0.2) is 28.7 Å². The molecule has 1 aliphatic heterocycles. The van der Waals surface area contributed by atoms with Gasteiger partial charge >= 0.3 is 6.16 Å². The predicted molar refractivity (Wildman–Crippen MR) is 44.3 cm³/mol. The van der Waals surface area contributed by atoms with Crippen LogP contribution in [-0.2, 0) is 7.80 Å². The highest BCUT2D eigenvalue weighted by Gasteiger charge is 2.33. The Morgan fingerprint density at radius 3 is 2.73 bits per heavy atom. The minimum Gasteiger partial charge on any atom is -0.434 e. The summed E-state index contributed by atoms with van der Waals surface area (Å²) in [5.74, 6) is 0. The molecule has 0 aliphatic carbocycles. The van der Waals surface area contributed by atoms with Crippen LogP contribution in [0.4, 0.5) is 4.79 Å². The maximum atomic E-state index is 10.4. The monoisotopic (exact) mass is 270 g/mol. The molecule has 0 saturated carbocycles. The average Bonchev–Trinajstić information content (AvgIpc) is 2.68. The summed E-state index contributed by atoms with van der Waals surface area (Å²) in [5.41, 5.74) is -0.300. The molecule has 1 rings (SSSR count). The zero-order valence-corrected chi connectivity index (χ0v) is 8.07. The van der Waals surface area contributed by atoms with Crippen molar-refractivity contribution >= 4 is 29.2 Å². The smallest absolute Gasteiger partial charge is 0.434 e. The lowest BCUT2D eigenvalue weighted by Gasteiger charge is -2.02. The van der Waals surface area contributed by atoms with Crippen LogP contribution in [-0.4, -0.2) is 18.4 Å². The molecular formula is C5H7IN2O3. The highest BCUT2D eigenvalue weighted by Crippen LogP contribution is 2.30. The van der Waals surface area contributed by atoms with Crippen LogP contribution in [0.2, 0.25) is 0 Å². The van der Waals surface area contributed by atoms with Gasteiger partial charge in [0.05, 0.1) is 6.61 Å². The van der Waals surface area contributed by atoms with Crippen molar-refractivity contribution in [3.8, 4) is 0 Å². The topological polar surface area (TPSA) is 60.2 Å². The summed E-state index contributed by atoms with van der Waals surface area (Å²) in [6.07, 6.45) is -0.0477. The minimum atomic E-state index is -0.671. The molecule has 0 N–H and O–H groups in total. The van der Waals surface area contributed by atoms with Gasteiger partial charge in [0.2, 0.25) is 0 Å². The molecule has 0 bridgehead atoms. The minimum absolute atomic E-state index is 0.297. The molecule has 1 aliphatic rings. The molecular weight excluding hydrogens is 263 g/mol. The van der Waals surface area contributed by atoms with Crippen LogP contribution in [0.15, 0.2) is 10.2 Å². The zero-order valence-electron chi connectivity index (χ0n) is 5.91. The second-order valence-corrected chi connectivity index (χ2v) is 2.78. The van der Waals surface area contributed by atoms with Gasteiger partial charge in [-0.2, -0.15) is 10.2 Å². The highest BCUT2D eigenvalue weighted by molar-refractivity contribution is 14.1. The van der Waals surface area contributed by atoms with Gasteiger partial charge in [0, 0.05) is 6.42 Å². The first-order valence-electron chi connectivity index (χ1n) is 3.06. The lowest BCUT2D eigenvalue weighted by Crippen LogP contribution is -2.11. The van der Waals surface area contributed by atoms with Gasteiger partial charge < -0.3 is 7.80 Å². The molecule has 0 aromatic heterocycles. The van der Waals surface area contributed by atoms with Crippen LogP contribution in [0.5, 0.6) is 0 Å². The predicted octanol–water partition coefficient (Wildman–Crippen LogP) is 2.06. The first kappa shape index (κ1) is 8.69. The Bertz CT molecular complexity index is 188. The molecule has 0 atom stereocenters. The number of rotatable bonds is 3. The van der Waals surface area contributed by atoms with Crippen molar-refractivity contribution in [3.05, 3.63) is 0 Å². The SMILES string of the molecule is CC1(CCOC(=O)OI)N=N1. The Labute approximate surface area is 77.8 Å². The third-order valence-corrected chi connectivity index (χ3v) is 1.66. The largest absolute Gasteiger partial charge is 0.517 e. The van der Waals surface area contributed by atoms with E-state index in [1.807, 2.05) is 6.92 Å². The molecule has 0 aromatic carbocycles. The van der Waals surface area contributed by atoms with E-state index in [0.29, 0.717) is 13.0 Å². The Kier molecular flexibility index (Phi) is 2.63. The number of hydrogen-bond donors (Lipinski definition) is 0. The fourth-order valence-corrected chi connectivity index (χ4v) is 0.662. The molecule has 0 aromatic rings. The fraction of sp³-hybridized carbons (Fsp3) is 0.800. The van der Waals surface area contributed by atoms with Gasteiger partial charge in [-0.25, -0.2) is 4.79 Å². The Morgan fingerprint density at radius 2 is 2.27 bits per heavy atom. The highest BCUT2D eigenvalue weighted by atomic mass is 127. The van der Waals surface area contributed by atoms with Gasteiger partial charge in [0.25, 0.3) is 0 Å². The van der Waals surface area contributed by atoms with Crippen LogP contribution in [0.3, 0.4) is 0 Å². The molecule has 0 spiro atoms. The molecule has 0 fully saturated rings. The normalized spacial score (nSPS) is 17.6. The van der Waals surface area contributed by atoms with E-state index in [9.17, 15) is 4.79 Å². The van der Waals surface area contributed by atoms with Gasteiger partial charge in [-0.1, -0.05) is 0 Å². The number of nitrogens with zero attached hydrogens (tertiary/aromatic N) is 2. The van der Waals surface area contributed by atoms with Crippen molar-refractivity contribution in [1.82, 2.24) is 0 Å². The summed E-state index contributed by atoms with van der Waals surface area (Å²) in [6.45, 7) is 2.16. The molecule has 62 valence electrons. The summed E-state index contributed by atoms with van der Waals surface area (Å²) >= 11 is 1.47. The number of carbonyl (C=O) groups is 1. The number of carbonyl (C=O) groups excluding carboxylic acids is 1. The Hall–Kier alpha value is -0.400. The summed E-state index contributed by atoms with van der Waals surface area (Å²) in [7, 11) is 0. The first-order chi connectivity index (χ1) is 5.16. The van der Waals surface area contributed by atoms with Crippen molar-refractivity contribution in [2.24, 2.45) is 10.2 Å². The van der Waals surface area contributed by atoms with Gasteiger partial charge in [-0.05, 0) is 6.92 Å². The zero-order chi connectivity index (χ0) is 8.32. The number of hydrogen-bond acceptors (Lipinski definition) is 5. The standard InChI is InChI=1S/C5H7IN2O3/c1-5(7-8-5)2-3-10-4(9)11-6/h2-3H2,1H3. The van der Waals surface area contributed by atoms with E-state index in [2.05, 4.69) is 18.0 Å². The van der Waals surface area contributed by atoms with E-state index in [-0.39, 0.29) is 5.66 Å². The maximum Gasteiger partial charge on any atom is 0.517 e. The van der Waals surface area contributed by atoms with Crippen LogP contribution in [0, 0.1) is 0 Å². The number of halogens is 1.